The molecule has 1 aliphatic heterocycles. The Morgan fingerprint density at radius 2 is 1.70 bits per heavy atom. The smallest absolute Gasteiger partial charge is 0.404 e. The van der Waals surface area contributed by atoms with Crippen LogP contribution in [0.15, 0.2) is 0 Å². The molecule has 27 heavy (non-hydrogen) atoms. The van der Waals surface area contributed by atoms with Gasteiger partial charge in [0.15, 0.2) is 0 Å². The molecule has 0 aromatic carbocycles. The summed E-state index contributed by atoms with van der Waals surface area (Å²) in [5.74, 6) is -6.85. The van der Waals surface area contributed by atoms with Crippen molar-refractivity contribution in [3.05, 3.63) is 0 Å². The van der Waals surface area contributed by atoms with Crippen LogP contribution >= 0.6 is 0 Å². The highest BCUT2D eigenvalue weighted by atomic mass is 17.2. The number of carbonyl (C=O) groups is 3. The van der Waals surface area contributed by atoms with Gasteiger partial charge in [0.2, 0.25) is 5.79 Å². The molecular weight excluding hydrogens is 372 g/mol. The van der Waals surface area contributed by atoms with Crippen molar-refractivity contribution in [2.24, 2.45) is 0 Å². The maximum Gasteiger partial charge on any atom is 0.404 e. The maximum atomic E-state index is 12.6. The molecule has 0 saturated carbocycles. The van der Waals surface area contributed by atoms with Gasteiger partial charge < -0.3 is 35.0 Å². The van der Waals surface area contributed by atoms with Gasteiger partial charge in [-0.3, -0.25) is 4.79 Å². The van der Waals surface area contributed by atoms with Crippen molar-refractivity contribution in [1.29, 1.82) is 0 Å². The molecule has 1 heterocycles. The standard InChI is InChI=1S/C15H24O12/c1-4-9(18)26-27-13(22)14(5-2,24-7(3)17)15(23)12(21)11(20)10(19)8(6-16)25-15/h8,10-12,16,19-21,23H,4-6H2,1-3H3/t8-,10-,11+,12-,14?,15?/m1/s1. The average molecular weight is 396 g/mol. The molecule has 5 N–H and O–H groups in total. The Morgan fingerprint density at radius 3 is 2.15 bits per heavy atom. The summed E-state index contributed by atoms with van der Waals surface area (Å²) < 4.78 is 9.95. The van der Waals surface area contributed by atoms with E-state index in [-0.39, 0.29) is 6.42 Å². The lowest BCUT2D eigenvalue weighted by molar-refractivity contribution is -0.400. The second kappa shape index (κ2) is 8.91. The minimum atomic E-state index is -3.16. The van der Waals surface area contributed by atoms with Crippen LogP contribution in [-0.4, -0.2) is 85.9 Å². The molecule has 0 aromatic heterocycles. The number of rotatable bonds is 6. The van der Waals surface area contributed by atoms with Crippen LogP contribution in [0.5, 0.6) is 0 Å². The number of carbonyl (C=O) groups excluding carboxylic acids is 3. The summed E-state index contributed by atoms with van der Waals surface area (Å²) in [6.45, 7) is 2.60. The predicted molar refractivity (Wildman–Crippen MR) is 82.2 cm³/mol. The van der Waals surface area contributed by atoms with Gasteiger partial charge in [-0.05, 0) is 0 Å². The fourth-order valence-corrected chi connectivity index (χ4v) is 2.67. The number of aliphatic hydroxyl groups excluding tert-OH is 4. The molecule has 1 rings (SSSR count). The summed E-state index contributed by atoms with van der Waals surface area (Å²) in [5, 5.41) is 50.2. The zero-order valence-electron chi connectivity index (χ0n) is 15.0. The Bertz CT molecular complexity index is 563. The Morgan fingerprint density at radius 1 is 1.11 bits per heavy atom. The molecular formula is C15H24O12. The molecule has 2 unspecified atom stereocenters. The number of ether oxygens (including phenoxy) is 2. The highest BCUT2D eigenvalue weighted by molar-refractivity contribution is 5.85. The van der Waals surface area contributed by atoms with Gasteiger partial charge >= 0.3 is 17.9 Å². The van der Waals surface area contributed by atoms with E-state index < -0.39 is 66.7 Å². The third-order valence-corrected chi connectivity index (χ3v) is 4.19. The van der Waals surface area contributed by atoms with Crippen LogP contribution < -0.4 is 0 Å². The van der Waals surface area contributed by atoms with Crippen LogP contribution in [0, 0.1) is 0 Å². The Labute approximate surface area is 154 Å². The first-order chi connectivity index (χ1) is 12.5. The molecule has 6 atom stereocenters. The lowest BCUT2D eigenvalue weighted by Crippen LogP contribution is -2.76. The number of aliphatic hydroxyl groups is 5. The molecule has 0 amide bonds. The van der Waals surface area contributed by atoms with Gasteiger partial charge in [0.25, 0.3) is 5.60 Å². The third-order valence-electron chi connectivity index (χ3n) is 4.19. The van der Waals surface area contributed by atoms with E-state index in [1.807, 2.05) is 0 Å². The monoisotopic (exact) mass is 396 g/mol. The molecule has 156 valence electrons. The molecule has 1 aliphatic rings. The van der Waals surface area contributed by atoms with E-state index in [4.69, 9.17) is 9.47 Å². The highest BCUT2D eigenvalue weighted by Crippen LogP contribution is 2.41. The van der Waals surface area contributed by atoms with Gasteiger partial charge in [0.05, 0.1) is 6.61 Å². The third kappa shape index (κ3) is 4.20. The van der Waals surface area contributed by atoms with Gasteiger partial charge in [0, 0.05) is 19.8 Å². The lowest BCUT2D eigenvalue weighted by atomic mass is 9.79. The van der Waals surface area contributed by atoms with Gasteiger partial charge in [-0.2, -0.15) is 0 Å². The van der Waals surface area contributed by atoms with Crippen LogP contribution in [0.25, 0.3) is 0 Å². The van der Waals surface area contributed by atoms with Gasteiger partial charge in [-0.1, -0.05) is 13.8 Å². The van der Waals surface area contributed by atoms with Crippen LogP contribution in [0.1, 0.15) is 33.6 Å². The van der Waals surface area contributed by atoms with Crippen molar-refractivity contribution in [3.63, 3.8) is 0 Å². The topological polar surface area (TPSA) is 189 Å². The van der Waals surface area contributed by atoms with Crippen molar-refractivity contribution < 1.29 is 59.2 Å². The molecule has 0 spiro atoms. The van der Waals surface area contributed by atoms with Crippen LogP contribution in [0.3, 0.4) is 0 Å². The van der Waals surface area contributed by atoms with Crippen molar-refractivity contribution in [3.8, 4) is 0 Å². The first-order valence-corrected chi connectivity index (χ1v) is 8.17. The van der Waals surface area contributed by atoms with Gasteiger partial charge in [0.1, 0.15) is 24.4 Å². The van der Waals surface area contributed by atoms with E-state index in [9.17, 15) is 39.9 Å². The number of hydrogen-bond donors (Lipinski definition) is 5. The van der Waals surface area contributed by atoms with Crippen LogP contribution in [0.2, 0.25) is 0 Å². The summed E-state index contributed by atoms with van der Waals surface area (Å²) in [4.78, 5) is 43.9. The Kier molecular flexibility index (Phi) is 7.66. The van der Waals surface area contributed by atoms with Crippen molar-refractivity contribution in [2.45, 2.75) is 69.4 Å². The van der Waals surface area contributed by atoms with E-state index in [2.05, 4.69) is 9.78 Å². The van der Waals surface area contributed by atoms with E-state index in [0.29, 0.717) is 0 Å². The predicted octanol–water partition coefficient (Wildman–Crippen LogP) is -2.73. The Hall–Kier alpha value is -1.83. The molecule has 1 fully saturated rings. The summed E-state index contributed by atoms with van der Waals surface area (Å²) in [5.41, 5.74) is -2.80. The molecule has 1 saturated heterocycles. The first-order valence-electron chi connectivity index (χ1n) is 8.17. The molecule has 12 heteroatoms. The van der Waals surface area contributed by atoms with E-state index in [1.165, 1.54) is 13.8 Å². The zero-order chi connectivity index (χ0) is 21.0. The second-order valence-corrected chi connectivity index (χ2v) is 5.92. The van der Waals surface area contributed by atoms with E-state index >= 15 is 0 Å². The SMILES string of the molecule is CCC(=O)OOC(=O)C(CC)(OC(C)=O)C1(O)O[C@H](CO)[C@@H](O)[C@H](O)[C@H]1O. The lowest BCUT2D eigenvalue weighted by Gasteiger charge is -2.51. The van der Waals surface area contributed by atoms with Crippen LogP contribution in [-0.2, 0) is 33.6 Å². The molecule has 0 bridgehead atoms. The molecule has 0 aromatic rings. The first kappa shape index (κ1) is 23.2. The minimum Gasteiger partial charge on any atom is -0.441 e. The summed E-state index contributed by atoms with van der Waals surface area (Å²) in [7, 11) is 0. The number of hydrogen-bond acceptors (Lipinski definition) is 12. The van der Waals surface area contributed by atoms with Crippen molar-refractivity contribution in [2.75, 3.05) is 6.61 Å². The quantitative estimate of drug-likeness (QED) is 0.177. The maximum absolute atomic E-state index is 12.6. The number of esters is 1. The fraction of sp³-hybridized carbons (Fsp3) is 0.800. The molecule has 0 radical (unpaired) electrons. The summed E-state index contributed by atoms with van der Waals surface area (Å²) in [6.07, 6.45) is -8.67. The van der Waals surface area contributed by atoms with Gasteiger partial charge in [-0.15, -0.1) is 0 Å². The van der Waals surface area contributed by atoms with E-state index in [1.54, 1.807) is 0 Å². The fourth-order valence-electron chi connectivity index (χ4n) is 2.67. The molecule has 0 aliphatic carbocycles. The summed E-state index contributed by atoms with van der Waals surface area (Å²) >= 11 is 0. The Balaban J connectivity index is 3.40. The van der Waals surface area contributed by atoms with Gasteiger partial charge in [-0.25, -0.2) is 19.4 Å². The second-order valence-electron chi connectivity index (χ2n) is 5.92. The summed E-state index contributed by atoms with van der Waals surface area (Å²) in [6, 6.07) is 0. The minimum absolute atomic E-state index is 0.166. The average Bonchev–Trinajstić information content (AvgIpc) is 2.64. The van der Waals surface area contributed by atoms with E-state index in [0.717, 1.165) is 6.92 Å². The highest BCUT2D eigenvalue weighted by Gasteiger charge is 2.70. The van der Waals surface area contributed by atoms with Crippen LogP contribution in [0.4, 0.5) is 0 Å². The zero-order valence-corrected chi connectivity index (χ0v) is 15.0. The van der Waals surface area contributed by atoms with Crippen molar-refractivity contribution >= 4 is 17.9 Å². The normalized spacial score (nSPS) is 32.9. The van der Waals surface area contributed by atoms with Crippen molar-refractivity contribution in [1.82, 2.24) is 0 Å². The largest absolute Gasteiger partial charge is 0.441 e. The molecule has 12 nitrogen and oxygen atoms in total.